The van der Waals surface area contributed by atoms with Gasteiger partial charge in [0.2, 0.25) is 5.91 Å². The molecule has 3 nitrogen and oxygen atoms in total. The second-order valence-electron chi connectivity index (χ2n) is 4.54. The highest BCUT2D eigenvalue weighted by Crippen LogP contribution is 2.29. The number of hydrogen-bond donors (Lipinski definition) is 2. The Kier molecular flexibility index (Phi) is 7.37. The molecule has 0 aromatic rings. The first kappa shape index (κ1) is 14.6. The number of carbonyl (C=O) groups is 1. The largest absolute Gasteiger partial charge is 0.355 e. The summed E-state index contributed by atoms with van der Waals surface area (Å²) in [5.74, 6) is 2.66. The van der Waals surface area contributed by atoms with Crippen LogP contribution in [0.15, 0.2) is 12.7 Å². The fourth-order valence-electron chi connectivity index (χ4n) is 2.38. The molecule has 0 aliphatic heterocycles. The summed E-state index contributed by atoms with van der Waals surface area (Å²) in [6.07, 6.45) is 6.39. The van der Waals surface area contributed by atoms with Crippen LogP contribution in [0.5, 0.6) is 0 Å². The second kappa shape index (κ2) is 8.59. The lowest BCUT2D eigenvalue weighted by atomic mass is 9.79. The summed E-state index contributed by atoms with van der Waals surface area (Å²) in [6, 6.07) is 0. The van der Waals surface area contributed by atoms with Crippen LogP contribution < -0.4 is 11.1 Å². The first-order chi connectivity index (χ1) is 8.29. The van der Waals surface area contributed by atoms with Gasteiger partial charge in [-0.15, -0.1) is 6.58 Å². The average Bonchev–Trinajstić information content (AvgIpc) is 2.38. The number of thioether (sulfide) groups is 1. The summed E-state index contributed by atoms with van der Waals surface area (Å²) >= 11 is 1.79. The summed E-state index contributed by atoms with van der Waals surface area (Å²) in [5, 5.41) is 3.03. The van der Waals surface area contributed by atoms with E-state index in [0.29, 0.717) is 12.5 Å². The number of amides is 1. The molecule has 1 fully saturated rings. The Balaban J connectivity index is 2.23. The minimum atomic E-state index is 0.151. The molecule has 3 N–H and O–H groups in total. The van der Waals surface area contributed by atoms with E-state index in [9.17, 15) is 4.79 Å². The molecule has 0 spiro atoms. The highest BCUT2D eigenvalue weighted by molar-refractivity contribution is 7.99. The molecule has 4 heteroatoms. The zero-order valence-corrected chi connectivity index (χ0v) is 11.3. The maximum Gasteiger partial charge on any atom is 0.223 e. The molecule has 98 valence electrons. The molecule has 2 atom stereocenters. The van der Waals surface area contributed by atoms with E-state index in [1.807, 2.05) is 6.08 Å². The van der Waals surface area contributed by atoms with E-state index in [-0.39, 0.29) is 11.8 Å². The number of nitrogens with two attached hydrogens (primary N) is 1. The summed E-state index contributed by atoms with van der Waals surface area (Å²) in [5.41, 5.74) is 5.73. The van der Waals surface area contributed by atoms with Crippen LogP contribution in [0.1, 0.15) is 25.7 Å². The molecule has 0 heterocycles. The van der Waals surface area contributed by atoms with Crippen LogP contribution in [0.3, 0.4) is 0 Å². The zero-order chi connectivity index (χ0) is 12.5. The highest BCUT2D eigenvalue weighted by atomic mass is 32.2. The monoisotopic (exact) mass is 256 g/mol. The zero-order valence-electron chi connectivity index (χ0n) is 10.5. The molecule has 1 rings (SSSR count). The van der Waals surface area contributed by atoms with Gasteiger partial charge in [-0.05, 0) is 25.3 Å². The fourth-order valence-corrected chi connectivity index (χ4v) is 2.96. The Morgan fingerprint density at radius 1 is 1.47 bits per heavy atom. The van der Waals surface area contributed by atoms with Crippen LogP contribution in [0, 0.1) is 11.8 Å². The van der Waals surface area contributed by atoms with Gasteiger partial charge in [0.25, 0.3) is 0 Å². The minimum absolute atomic E-state index is 0.151. The number of hydrogen-bond acceptors (Lipinski definition) is 3. The van der Waals surface area contributed by atoms with Gasteiger partial charge in [-0.2, -0.15) is 11.8 Å². The number of nitrogens with one attached hydrogen (secondary N) is 1. The van der Waals surface area contributed by atoms with E-state index < -0.39 is 0 Å². The van der Waals surface area contributed by atoms with Gasteiger partial charge < -0.3 is 11.1 Å². The summed E-state index contributed by atoms with van der Waals surface area (Å²) in [4.78, 5) is 12.0. The normalized spacial score (nSPS) is 24.3. The van der Waals surface area contributed by atoms with Crippen molar-refractivity contribution >= 4 is 17.7 Å². The summed E-state index contributed by atoms with van der Waals surface area (Å²) < 4.78 is 0. The van der Waals surface area contributed by atoms with Gasteiger partial charge in [-0.3, -0.25) is 4.79 Å². The summed E-state index contributed by atoms with van der Waals surface area (Å²) in [6.45, 7) is 5.06. The molecule has 0 radical (unpaired) electrons. The lowest BCUT2D eigenvalue weighted by Crippen LogP contribution is -2.40. The van der Waals surface area contributed by atoms with Gasteiger partial charge in [-0.25, -0.2) is 0 Å². The maximum absolute atomic E-state index is 12.0. The van der Waals surface area contributed by atoms with E-state index in [1.54, 1.807) is 11.8 Å². The van der Waals surface area contributed by atoms with E-state index >= 15 is 0 Å². The Morgan fingerprint density at radius 2 is 2.24 bits per heavy atom. The molecule has 0 bridgehead atoms. The molecule has 0 saturated heterocycles. The van der Waals surface area contributed by atoms with Crippen molar-refractivity contribution in [2.75, 3.05) is 24.6 Å². The molecule has 17 heavy (non-hydrogen) atoms. The smallest absolute Gasteiger partial charge is 0.223 e. The highest BCUT2D eigenvalue weighted by Gasteiger charge is 2.29. The molecule has 2 unspecified atom stereocenters. The molecule has 0 aromatic heterocycles. The summed E-state index contributed by atoms with van der Waals surface area (Å²) in [7, 11) is 0. The van der Waals surface area contributed by atoms with Crippen LogP contribution in [0.2, 0.25) is 0 Å². The van der Waals surface area contributed by atoms with Crippen molar-refractivity contribution in [2.45, 2.75) is 25.7 Å². The van der Waals surface area contributed by atoms with Gasteiger partial charge in [0.05, 0.1) is 0 Å². The van der Waals surface area contributed by atoms with E-state index in [4.69, 9.17) is 5.73 Å². The van der Waals surface area contributed by atoms with Crippen molar-refractivity contribution in [3.8, 4) is 0 Å². The van der Waals surface area contributed by atoms with E-state index in [1.165, 1.54) is 12.8 Å². The third-order valence-corrected chi connectivity index (χ3v) is 4.29. The van der Waals surface area contributed by atoms with Crippen LogP contribution >= 0.6 is 11.8 Å². The van der Waals surface area contributed by atoms with Crippen LogP contribution in [0.4, 0.5) is 0 Å². The van der Waals surface area contributed by atoms with Crippen molar-refractivity contribution in [3.63, 3.8) is 0 Å². The van der Waals surface area contributed by atoms with Crippen LogP contribution in [-0.4, -0.2) is 30.5 Å². The fraction of sp³-hybridized carbons (Fsp3) is 0.769. The van der Waals surface area contributed by atoms with E-state index in [0.717, 1.165) is 30.9 Å². The van der Waals surface area contributed by atoms with Crippen molar-refractivity contribution < 1.29 is 4.79 Å². The Bertz CT molecular complexity index is 246. The predicted molar refractivity (Wildman–Crippen MR) is 75.0 cm³/mol. The molecular weight excluding hydrogens is 232 g/mol. The molecular formula is C13H24N2OS. The first-order valence-corrected chi connectivity index (χ1v) is 7.61. The van der Waals surface area contributed by atoms with Gasteiger partial charge >= 0.3 is 0 Å². The predicted octanol–water partition coefficient (Wildman–Crippen LogP) is 1.79. The lowest BCUT2D eigenvalue weighted by Gasteiger charge is -2.29. The molecule has 1 saturated carbocycles. The Hall–Kier alpha value is -0.480. The van der Waals surface area contributed by atoms with Gasteiger partial charge in [0.1, 0.15) is 0 Å². The van der Waals surface area contributed by atoms with Crippen LogP contribution in [0.25, 0.3) is 0 Å². The first-order valence-electron chi connectivity index (χ1n) is 6.46. The van der Waals surface area contributed by atoms with Crippen molar-refractivity contribution in [1.82, 2.24) is 5.32 Å². The Labute approximate surface area is 109 Å². The van der Waals surface area contributed by atoms with E-state index in [2.05, 4.69) is 11.9 Å². The quantitative estimate of drug-likeness (QED) is 0.539. The van der Waals surface area contributed by atoms with Crippen molar-refractivity contribution in [1.29, 1.82) is 0 Å². The standard InChI is InChI=1S/C13H24N2OS/c1-2-8-17-9-7-15-13(16)12-6-4-3-5-11(12)10-14/h2,11-12H,1,3-10,14H2,(H,15,16). The molecule has 1 amide bonds. The maximum atomic E-state index is 12.0. The number of rotatable bonds is 7. The van der Waals surface area contributed by atoms with Crippen LogP contribution in [-0.2, 0) is 4.79 Å². The van der Waals surface area contributed by atoms with Gasteiger partial charge in [0.15, 0.2) is 0 Å². The SMILES string of the molecule is C=CCSCCNC(=O)C1CCCCC1CN. The molecule has 1 aliphatic rings. The minimum Gasteiger partial charge on any atom is -0.355 e. The lowest BCUT2D eigenvalue weighted by molar-refractivity contribution is -0.127. The molecule has 0 aromatic carbocycles. The van der Waals surface area contributed by atoms with Gasteiger partial charge in [-0.1, -0.05) is 18.9 Å². The topological polar surface area (TPSA) is 55.1 Å². The number of carbonyl (C=O) groups excluding carboxylic acids is 1. The third-order valence-electron chi connectivity index (χ3n) is 3.33. The van der Waals surface area contributed by atoms with Crippen molar-refractivity contribution in [2.24, 2.45) is 17.6 Å². The Morgan fingerprint density at radius 3 is 2.94 bits per heavy atom. The molecule has 1 aliphatic carbocycles. The third kappa shape index (κ3) is 5.13. The van der Waals surface area contributed by atoms with Crippen molar-refractivity contribution in [3.05, 3.63) is 12.7 Å². The second-order valence-corrected chi connectivity index (χ2v) is 5.69. The average molecular weight is 256 g/mol. The van der Waals surface area contributed by atoms with Gasteiger partial charge in [0, 0.05) is 24.0 Å².